The first kappa shape index (κ1) is 25.1. The molecule has 2 heteroatoms. The van der Waals surface area contributed by atoms with Crippen molar-refractivity contribution in [3.8, 4) is 39.1 Å². The maximum absolute atomic E-state index is 2.47. The first-order valence-corrected chi connectivity index (χ1v) is 16.4. The fourth-order valence-corrected chi connectivity index (χ4v) is 9.02. The van der Waals surface area contributed by atoms with Gasteiger partial charge in [-0.25, -0.2) is 0 Å². The third-order valence-electron chi connectivity index (χ3n) is 10.7. The fourth-order valence-electron chi connectivity index (χ4n) is 9.02. The molecule has 7 aromatic carbocycles. The molecule has 9 aromatic rings. The van der Waals surface area contributed by atoms with Crippen LogP contribution in [0.3, 0.4) is 0 Å². The van der Waals surface area contributed by atoms with E-state index in [4.69, 9.17) is 0 Å². The summed E-state index contributed by atoms with van der Waals surface area (Å²) in [6.45, 7) is 0. The lowest BCUT2D eigenvalue weighted by Crippen LogP contribution is -2.25. The first-order chi connectivity index (χ1) is 23.4. The van der Waals surface area contributed by atoms with Gasteiger partial charge in [0.2, 0.25) is 0 Å². The summed E-state index contributed by atoms with van der Waals surface area (Å²) in [5.41, 5.74) is 18.9. The molecule has 0 N–H and O–H groups in total. The molecule has 0 unspecified atom stereocenters. The van der Waals surface area contributed by atoms with Crippen molar-refractivity contribution in [3.63, 3.8) is 0 Å². The average molecular weight is 597 g/mol. The molecule has 2 aromatic heterocycles. The molecule has 0 aliphatic heterocycles. The van der Waals surface area contributed by atoms with Crippen LogP contribution >= 0.6 is 0 Å². The Morgan fingerprint density at radius 2 is 0.894 bits per heavy atom. The smallest absolute Gasteiger partial charge is 0.131 e. The topological polar surface area (TPSA) is 9.34 Å². The first-order valence-electron chi connectivity index (χ1n) is 16.4. The van der Waals surface area contributed by atoms with Gasteiger partial charge >= 0.3 is 0 Å². The molecule has 1 spiro atoms. The van der Waals surface area contributed by atoms with Crippen LogP contribution in [0.15, 0.2) is 170 Å². The van der Waals surface area contributed by atoms with Crippen molar-refractivity contribution in [2.24, 2.45) is 0 Å². The van der Waals surface area contributed by atoms with Crippen molar-refractivity contribution in [2.45, 2.75) is 5.41 Å². The standard InChI is InChI=1S/C45H28N2/c1-2-14-30(15-3-1)46-41-24-12-13-25-42(41)47-40-23-11-7-19-34(40)43(44(46)47)29-26-27-39-35(28-29)33-18-6-10-22-38(33)45(39)36-20-8-4-16-31(36)32-17-5-9-21-37(32)45/h1-28H. The van der Waals surface area contributed by atoms with Crippen molar-refractivity contribution >= 4 is 27.6 Å². The van der Waals surface area contributed by atoms with E-state index in [-0.39, 0.29) is 5.41 Å². The predicted molar refractivity (Wildman–Crippen MR) is 193 cm³/mol. The summed E-state index contributed by atoms with van der Waals surface area (Å²) >= 11 is 0. The minimum Gasteiger partial charge on any atom is -0.293 e. The number of para-hydroxylation sites is 4. The zero-order valence-corrected chi connectivity index (χ0v) is 25.6. The Morgan fingerprint density at radius 1 is 0.383 bits per heavy atom. The van der Waals surface area contributed by atoms with Crippen molar-refractivity contribution in [2.75, 3.05) is 0 Å². The average Bonchev–Trinajstić information content (AvgIpc) is 3.84. The Hall–Kier alpha value is -6.12. The number of aromatic nitrogens is 2. The molecular weight excluding hydrogens is 569 g/mol. The molecule has 2 aliphatic carbocycles. The summed E-state index contributed by atoms with van der Waals surface area (Å²) in [6.07, 6.45) is 0. The summed E-state index contributed by atoms with van der Waals surface area (Å²) in [7, 11) is 0. The molecule has 0 amide bonds. The minimum atomic E-state index is -0.339. The van der Waals surface area contributed by atoms with E-state index in [0.29, 0.717) is 0 Å². The van der Waals surface area contributed by atoms with Crippen molar-refractivity contribution < 1.29 is 0 Å². The van der Waals surface area contributed by atoms with E-state index in [1.165, 1.54) is 83.2 Å². The molecule has 0 fully saturated rings. The highest BCUT2D eigenvalue weighted by atomic mass is 15.1. The second-order valence-electron chi connectivity index (χ2n) is 12.9. The van der Waals surface area contributed by atoms with Gasteiger partial charge < -0.3 is 0 Å². The van der Waals surface area contributed by atoms with Crippen LogP contribution < -0.4 is 0 Å². The van der Waals surface area contributed by atoms with Gasteiger partial charge in [0, 0.05) is 16.6 Å². The number of rotatable bonds is 2. The van der Waals surface area contributed by atoms with Crippen LogP contribution in [0, 0.1) is 0 Å². The molecule has 2 aliphatic rings. The Balaban J connectivity index is 1.27. The Kier molecular flexibility index (Phi) is 4.80. The van der Waals surface area contributed by atoms with Crippen LogP contribution in [-0.2, 0) is 5.41 Å². The zero-order valence-electron chi connectivity index (χ0n) is 25.6. The van der Waals surface area contributed by atoms with E-state index in [1.807, 2.05) is 0 Å². The summed E-state index contributed by atoms with van der Waals surface area (Å²) < 4.78 is 4.90. The van der Waals surface area contributed by atoms with Gasteiger partial charge in [0.05, 0.1) is 22.0 Å². The van der Waals surface area contributed by atoms with Crippen LogP contribution in [0.4, 0.5) is 0 Å². The van der Waals surface area contributed by atoms with E-state index < -0.39 is 0 Å². The minimum absolute atomic E-state index is 0.339. The Morgan fingerprint density at radius 3 is 1.57 bits per heavy atom. The van der Waals surface area contributed by atoms with E-state index in [0.717, 1.165) is 5.69 Å². The monoisotopic (exact) mass is 596 g/mol. The molecular formula is C45H28N2. The van der Waals surface area contributed by atoms with E-state index >= 15 is 0 Å². The lowest BCUT2D eigenvalue weighted by Gasteiger charge is -2.30. The van der Waals surface area contributed by atoms with Crippen molar-refractivity contribution in [3.05, 3.63) is 192 Å². The predicted octanol–water partition coefficient (Wildman–Crippen LogP) is 11.0. The summed E-state index contributed by atoms with van der Waals surface area (Å²) in [5.74, 6) is 0. The van der Waals surface area contributed by atoms with Crippen LogP contribution in [-0.4, -0.2) is 8.97 Å². The number of nitrogens with zero attached hydrogens (tertiary/aromatic N) is 2. The van der Waals surface area contributed by atoms with Gasteiger partial charge in [-0.1, -0.05) is 133 Å². The van der Waals surface area contributed by atoms with E-state index in [9.17, 15) is 0 Å². The van der Waals surface area contributed by atoms with Crippen LogP contribution in [0.1, 0.15) is 22.3 Å². The third kappa shape index (κ3) is 3.01. The summed E-state index contributed by atoms with van der Waals surface area (Å²) in [4.78, 5) is 0. The molecule has 218 valence electrons. The van der Waals surface area contributed by atoms with E-state index in [2.05, 4.69) is 179 Å². The molecule has 11 rings (SSSR count). The number of imidazole rings is 1. The normalized spacial score (nSPS) is 13.7. The fraction of sp³-hybridized carbons (Fsp3) is 0.0222. The molecule has 0 radical (unpaired) electrons. The second kappa shape index (κ2) is 8.99. The SMILES string of the molecule is c1ccc(-n2c3ccccc3n3c4ccccc4c(-c4ccc5c(c4)-c4ccccc4C54c5ccccc5-c5ccccc54)c23)cc1. The van der Waals surface area contributed by atoms with Crippen molar-refractivity contribution in [1.82, 2.24) is 8.97 Å². The highest BCUT2D eigenvalue weighted by Gasteiger charge is 2.51. The Labute approximate surface area is 272 Å². The van der Waals surface area contributed by atoms with Gasteiger partial charge in [-0.3, -0.25) is 8.97 Å². The molecule has 0 saturated heterocycles. The molecule has 0 bridgehead atoms. The van der Waals surface area contributed by atoms with Gasteiger partial charge in [0.25, 0.3) is 0 Å². The highest BCUT2D eigenvalue weighted by Crippen LogP contribution is 2.63. The Bertz CT molecular complexity index is 2690. The van der Waals surface area contributed by atoms with Gasteiger partial charge in [-0.15, -0.1) is 0 Å². The van der Waals surface area contributed by atoms with Gasteiger partial charge in [-0.05, 0) is 86.5 Å². The number of fused-ring (bicyclic) bond motifs is 15. The lowest BCUT2D eigenvalue weighted by atomic mass is 9.70. The van der Waals surface area contributed by atoms with E-state index in [1.54, 1.807) is 0 Å². The van der Waals surface area contributed by atoms with Crippen LogP contribution in [0.25, 0.3) is 66.7 Å². The van der Waals surface area contributed by atoms with Crippen LogP contribution in [0.5, 0.6) is 0 Å². The number of benzene rings is 7. The highest BCUT2D eigenvalue weighted by molar-refractivity contribution is 6.10. The number of hydrogen-bond acceptors (Lipinski definition) is 0. The third-order valence-corrected chi connectivity index (χ3v) is 10.7. The second-order valence-corrected chi connectivity index (χ2v) is 12.9. The van der Waals surface area contributed by atoms with Crippen molar-refractivity contribution in [1.29, 1.82) is 0 Å². The summed E-state index contributed by atoms with van der Waals surface area (Å²) in [5, 5.41) is 1.26. The zero-order chi connectivity index (χ0) is 30.7. The summed E-state index contributed by atoms with van der Waals surface area (Å²) in [6, 6.07) is 62.8. The molecule has 2 heterocycles. The van der Waals surface area contributed by atoms with Crippen LogP contribution in [0.2, 0.25) is 0 Å². The maximum atomic E-state index is 2.47. The number of hydrogen-bond donors (Lipinski definition) is 0. The lowest BCUT2D eigenvalue weighted by molar-refractivity contribution is 0.794. The largest absolute Gasteiger partial charge is 0.293 e. The molecule has 2 nitrogen and oxygen atoms in total. The van der Waals surface area contributed by atoms with Gasteiger partial charge in [0.1, 0.15) is 5.65 Å². The quantitative estimate of drug-likeness (QED) is 0.188. The molecule has 0 atom stereocenters. The molecule has 47 heavy (non-hydrogen) atoms. The maximum Gasteiger partial charge on any atom is 0.131 e. The van der Waals surface area contributed by atoms with Gasteiger partial charge in [0.15, 0.2) is 0 Å². The van der Waals surface area contributed by atoms with Gasteiger partial charge in [-0.2, -0.15) is 0 Å². The molecule has 0 saturated carbocycles.